The summed E-state index contributed by atoms with van der Waals surface area (Å²) in [6.45, 7) is 11.3. The van der Waals surface area contributed by atoms with Crippen LogP contribution in [-0.2, 0) is 0 Å². The van der Waals surface area contributed by atoms with E-state index in [1.165, 1.54) is 50.5 Å². The molecule has 0 aliphatic rings. The Morgan fingerprint density at radius 3 is 1.88 bits per heavy atom. The van der Waals surface area contributed by atoms with Crippen molar-refractivity contribution < 1.29 is 0 Å². The highest BCUT2D eigenvalue weighted by molar-refractivity contribution is 5.13. The summed E-state index contributed by atoms with van der Waals surface area (Å²) in [6, 6.07) is 0. The summed E-state index contributed by atoms with van der Waals surface area (Å²) in [5, 5.41) is 0. The van der Waals surface area contributed by atoms with Crippen LogP contribution in [0.1, 0.15) is 79.6 Å². The number of rotatable bonds is 9. The molecule has 0 N–H and O–H groups in total. The molecule has 0 aromatic carbocycles. The zero-order chi connectivity index (χ0) is 13.1. The molecule has 0 heterocycles. The molecule has 0 radical (unpaired) electrons. The normalized spacial score (nSPS) is 12.0. The van der Waals surface area contributed by atoms with Gasteiger partial charge in [0.05, 0.1) is 0 Å². The highest BCUT2D eigenvalue weighted by atomic mass is 14.2. The second-order valence-electron chi connectivity index (χ2n) is 5.33. The Morgan fingerprint density at radius 2 is 1.47 bits per heavy atom. The second kappa shape index (κ2) is 10.6. The first-order valence-electron chi connectivity index (χ1n) is 7.47. The van der Waals surface area contributed by atoms with E-state index in [9.17, 15) is 0 Å². The quantitative estimate of drug-likeness (QED) is 0.413. The van der Waals surface area contributed by atoms with E-state index in [0.29, 0.717) is 0 Å². The monoisotopic (exact) mass is 236 g/mol. The van der Waals surface area contributed by atoms with Gasteiger partial charge in [-0.2, -0.15) is 0 Å². The average Bonchev–Trinajstić information content (AvgIpc) is 2.29. The van der Waals surface area contributed by atoms with Gasteiger partial charge in [0.25, 0.3) is 0 Å². The van der Waals surface area contributed by atoms with Crippen molar-refractivity contribution in [1.82, 2.24) is 0 Å². The maximum Gasteiger partial charge on any atom is -0.0134 e. The van der Waals surface area contributed by atoms with Gasteiger partial charge in [-0.15, -0.1) is 0 Å². The third-order valence-electron chi connectivity index (χ3n) is 3.24. The van der Waals surface area contributed by atoms with E-state index in [1.807, 2.05) is 0 Å². The highest BCUT2D eigenvalue weighted by Crippen LogP contribution is 2.26. The summed E-state index contributed by atoms with van der Waals surface area (Å²) in [4.78, 5) is 0. The first-order chi connectivity index (χ1) is 8.15. The molecule has 0 fully saturated rings. The van der Waals surface area contributed by atoms with Crippen LogP contribution in [-0.4, -0.2) is 0 Å². The Kier molecular flexibility index (Phi) is 10.3. The molecular weight excluding hydrogens is 204 g/mol. The van der Waals surface area contributed by atoms with Gasteiger partial charge >= 0.3 is 0 Å². The maximum absolute atomic E-state index is 2.51. The molecule has 0 unspecified atom stereocenters. The van der Waals surface area contributed by atoms with Crippen LogP contribution >= 0.6 is 0 Å². The molecule has 0 nitrogen and oxygen atoms in total. The lowest BCUT2D eigenvalue weighted by molar-refractivity contribution is 0.495. The average molecular weight is 236 g/mol. The van der Waals surface area contributed by atoms with Gasteiger partial charge in [-0.1, -0.05) is 63.3 Å². The van der Waals surface area contributed by atoms with E-state index in [1.54, 1.807) is 5.57 Å². The molecule has 0 saturated carbocycles. The molecule has 100 valence electrons. The largest absolute Gasteiger partial charge is 0.0847 e. The summed E-state index contributed by atoms with van der Waals surface area (Å²) >= 11 is 0. The van der Waals surface area contributed by atoms with Crippen LogP contribution in [0.3, 0.4) is 0 Å². The van der Waals surface area contributed by atoms with Crippen LogP contribution in [0, 0.1) is 5.92 Å². The molecule has 0 rings (SSSR count). The Balaban J connectivity index is 4.65. The number of hydrogen-bond acceptors (Lipinski definition) is 0. The first kappa shape index (κ1) is 16.5. The molecule has 17 heavy (non-hydrogen) atoms. The smallest absolute Gasteiger partial charge is 0.0134 e. The zero-order valence-corrected chi connectivity index (χ0v) is 12.7. The molecule has 0 atom stereocenters. The fourth-order valence-corrected chi connectivity index (χ4v) is 2.28. The summed E-state index contributed by atoms with van der Waals surface area (Å²) in [6.07, 6.45) is 13.9. The maximum atomic E-state index is 2.51. The Labute approximate surface area is 109 Å². The van der Waals surface area contributed by atoms with Gasteiger partial charge in [-0.3, -0.25) is 0 Å². The Bertz CT molecular complexity index is 222. The van der Waals surface area contributed by atoms with Gasteiger partial charge < -0.3 is 0 Å². The minimum atomic E-state index is 0.826. The molecular formula is C17H32. The van der Waals surface area contributed by atoms with Crippen molar-refractivity contribution in [2.45, 2.75) is 79.6 Å². The van der Waals surface area contributed by atoms with Crippen LogP contribution in [0.25, 0.3) is 0 Å². The van der Waals surface area contributed by atoms with Crippen LogP contribution in [0.15, 0.2) is 23.3 Å². The van der Waals surface area contributed by atoms with E-state index in [4.69, 9.17) is 0 Å². The standard InChI is InChI=1S/C17H32/c1-6-9-12-17(14-13-15(4)5)16(10-7-2)11-8-3/h12-13,16H,6-11,14H2,1-5H3. The van der Waals surface area contributed by atoms with Crippen LogP contribution in [0.5, 0.6) is 0 Å². The van der Waals surface area contributed by atoms with Crippen molar-refractivity contribution in [2.75, 3.05) is 0 Å². The SMILES string of the molecule is CCCC=C(CC=C(C)C)C(CCC)CCC. The minimum absolute atomic E-state index is 0.826. The zero-order valence-electron chi connectivity index (χ0n) is 12.7. The highest BCUT2D eigenvalue weighted by Gasteiger charge is 2.11. The molecule has 0 aliphatic carbocycles. The lowest BCUT2D eigenvalue weighted by atomic mass is 9.87. The summed E-state index contributed by atoms with van der Waals surface area (Å²) in [7, 11) is 0. The van der Waals surface area contributed by atoms with Crippen molar-refractivity contribution in [3.05, 3.63) is 23.3 Å². The predicted molar refractivity (Wildman–Crippen MR) is 80.3 cm³/mol. The molecule has 0 spiro atoms. The lowest BCUT2D eigenvalue weighted by Crippen LogP contribution is -2.04. The molecule has 0 aromatic heterocycles. The molecule has 0 amide bonds. The lowest BCUT2D eigenvalue weighted by Gasteiger charge is -2.19. The third kappa shape index (κ3) is 8.24. The van der Waals surface area contributed by atoms with Gasteiger partial charge in [0.1, 0.15) is 0 Å². The van der Waals surface area contributed by atoms with Gasteiger partial charge in [-0.05, 0) is 45.4 Å². The van der Waals surface area contributed by atoms with Crippen molar-refractivity contribution >= 4 is 0 Å². The number of allylic oxidation sites excluding steroid dienone is 4. The van der Waals surface area contributed by atoms with Gasteiger partial charge in [-0.25, -0.2) is 0 Å². The Hall–Kier alpha value is -0.520. The molecule has 0 saturated heterocycles. The second-order valence-corrected chi connectivity index (χ2v) is 5.33. The fourth-order valence-electron chi connectivity index (χ4n) is 2.28. The first-order valence-corrected chi connectivity index (χ1v) is 7.47. The van der Waals surface area contributed by atoms with Crippen molar-refractivity contribution in [3.63, 3.8) is 0 Å². The molecule has 0 aliphatic heterocycles. The van der Waals surface area contributed by atoms with E-state index >= 15 is 0 Å². The molecule has 0 aromatic rings. The number of hydrogen-bond donors (Lipinski definition) is 0. The van der Waals surface area contributed by atoms with Crippen molar-refractivity contribution in [3.8, 4) is 0 Å². The van der Waals surface area contributed by atoms with E-state index in [2.05, 4.69) is 46.8 Å². The third-order valence-corrected chi connectivity index (χ3v) is 3.24. The van der Waals surface area contributed by atoms with Gasteiger partial charge in [0.2, 0.25) is 0 Å². The fraction of sp³-hybridized carbons (Fsp3) is 0.765. The van der Waals surface area contributed by atoms with Crippen LogP contribution in [0.4, 0.5) is 0 Å². The predicted octanol–water partition coefficient (Wildman–Crippen LogP) is 6.29. The summed E-state index contributed by atoms with van der Waals surface area (Å²) < 4.78 is 0. The summed E-state index contributed by atoms with van der Waals surface area (Å²) in [5.74, 6) is 0.826. The van der Waals surface area contributed by atoms with Crippen LogP contribution < -0.4 is 0 Å². The molecule has 0 heteroatoms. The van der Waals surface area contributed by atoms with E-state index in [-0.39, 0.29) is 0 Å². The number of unbranched alkanes of at least 4 members (excludes halogenated alkanes) is 1. The van der Waals surface area contributed by atoms with Crippen molar-refractivity contribution in [1.29, 1.82) is 0 Å². The van der Waals surface area contributed by atoms with Gasteiger partial charge in [0, 0.05) is 0 Å². The van der Waals surface area contributed by atoms with Gasteiger partial charge in [0.15, 0.2) is 0 Å². The molecule has 0 bridgehead atoms. The van der Waals surface area contributed by atoms with E-state index in [0.717, 1.165) is 5.92 Å². The minimum Gasteiger partial charge on any atom is -0.0847 e. The van der Waals surface area contributed by atoms with Crippen molar-refractivity contribution in [2.24, 2.45) is 5.92 Å². The van der Waals surface area contributed by atoms with Crippen LogP contribution in [0.2, 0.25) is 0 Å². The Morgan fingerprint density at radius 1 is 0.882 bits per heavy atom. The van der Waals surface area contributed by atoms with E-state index < -0.39 is 0 Å². The topological polar surface area (TPSA) is 0 Å². The summed E-state index contributed by atoms with van der Waals surface area (Å²) in [5.41, 5.74) is 3.14.